The SMILES string of the molecule is CC/C=C\C/C=C\C/C=C\C/C=C\C/C=C\C/C=C\CCCCCCC(=O)OCC(COP(=O)(O)OCC(O)COP(=O)(O)OCC(O)COC(=O)CCCCCCCCCCCCCCCCCCC/C=C\C/C=C\C/C=C\C/C=C\CCCCC)OC(=O)CCCCCCC/C=C\CCCCCC. The molecule has 18 heteroatoms. The third-order valence-electron chi connectivity index (χ3n) is 17.3. The molecule has 16 nitrogen and oxygen atoms in total. The first-order valence-corrected chi connectivity index (χ1v) is 44.5. The van der Waals surface area contributed by atoms with Gasteiger partial charge >= 0.3 is 33.6 Å². The van der Waals surface area contributed by atoms with Crippen molar-refractivity contribution < 1.29 is 75.8 Å². The minimum Gasteiger partial charge on any atom is -0.463 e. The van der Waals surface area contributed by atoms with Gasteiger partial charge in [0.05, 0.1) is 26.4 Å². The summed E-state index contributed by atoms with van der Waals surface area (Å²) in [4.78, 5) is 58.6. The van der Waals surface area contributed by atoms with Crippen molar-refractivity contribution in [3.8, 4) is 0 Å². The number of carbonyl (C=O) groups is 3. The van der Waals surface area contributed by atoms with Crippen LogP contribution in [0.4, 0.5) is 0 Å². The van der Waals surface area contributed by atoms with E-state index in [4.69, 9.17) is 32.3 Å². The van der Waals surface area contributed by atoms with E-state index >= 15 is 0 Å². The van der Waals surface area contributed by atoms with Gasteiger partial charge in [-0.05, 0) is 141 Å². The zero-order chi connectivity index (χ0) is 76.6. The molecule has 4 N–H and O–H groups in total. The Morgan fingerprint density at radius 3 is 0.829 bits per heavy atom. The van der Waals surface area contributed by atoms with Crippen molar-refractivity contribution in [1.29, 1.82) is 0 Å². The van der Waals surface area contributed by atoms with Gasteiger partial charge in [0, 0.05) is 19.3 Å². The number of allylic oxidation sites excluding steroid dienone is 22. The predicted molar refractivity (Wildman–Crippen MR) is 436 cm³/mol. The van der Waals surface area contributed by atoms with Crippen LogP contribution in [0.25, 0.3) is 0 Å². The van der Waals surface area contributed by atoms with Crippen molar-refractivity contribution in [2.75, 3.05) is 39.6 Å². The van der Waals surface area contributed by atoms with Crippen molar-refractivity contribution >= 4 is 33.6 Å². The second kappa shape index (κ2) is 79.2. The van der Waals surface area contributed by atoms with E-state index in [2.05, 4.69) is 154 Å². The summed E-state index contributed by atoms with van der Waals surface area (Å²) < 4.78 is 61.1. The Morgan fingerprint density at radius 1 is 0.276 bits per heavy atom. The van der Waals surface area contributed by atoms with Crippen molar-refractivity contribution in [3.05, 3.63) is 134 Å². The maximum absolute atomic E-state index is 12.9. The maximum Gasteiger partial charge on any atom is 0.472 e. The summed E-state index contributed by atoms with van der Waals surface area (Å²) in [6.07, 6.45) is 96.6. The van der Waals surface area contributed by atoms with Gasteiger partial charge in [-0.15, -0.1) is 0 Å². The monoisotopic (exact) mass is 1510 g/mol. The van der Waals surface area contributed by atoms with E-state index in [1.807, 2.05) is 0 Å². The Balaban J connectivity index is 4.45. The van der Waals surface area contributed by atoms with Gasteiger partial charge in [-0.2, -0.15) is 0 Å². The van der Waals surface area contributed by atoms with Crippen LogP contribution in [-0.4, -0.2) is 95.9 Å². The lowest BCUT2D eigenvalue weighted by molar-refractivity contribution is -0.161. The molecule has 604 valence electrons. The second-order valence-corrected chi connectivity index (χ2v) is 30.4. The zero-order valence-corrected chi connectivity index (χ0v) is 67.9. The molecule has 5 atom stereocenters. The van der Waals surface area contributed by atoms with E-state index in [-0.39, 0.29) is 19.3 Å². The highest BCUT2D eigenvalue weighted by Gasteiger charge is 2.29. The van der Waals surface area contributed by atoms with Crippen LogP contribution in [0.15, 0.2) is 134 Å². The number of carbonyl (C=O) groups excluding carboxylic acids is 3. The minimum absolute atomic E-state index is 0.0860. The van der Waals surface area contributed by atoms with E-state index in [0.29, 0.717) is 19.3 Å². The van der Waals surface area contributed by atoms with E-state index in [1.54, 1.807) is 0 Å². The van der Waals surface area contributed by atoms with Gasteiger partial charge in [-0.1, -0.05) is 315 Å². The number of aliphatic hydroxyl groups is 2. The quantitative estimate of drug-likeness (QED) is 0.0146. The van der Waals surface area contributed by atoms with Crippen LogP contribution in [0.1, 0.15) is 342 Å². The van der Waals surface area contributed by atoms with Gasteiger partial charge in [0.25, 0.3) is 0 Å². The molecule has 0 bridgehead atoms. The minimum atomic E-state index is -4.94. The van der Waals surface area contributed by atoms with E-state index in [0.717, 1.165) is 141 Å². The number of hydrogen-bond acceptors (Lipinski definition) is 14. The molecule has 0 amide bonds. The molecule has 0 aliphatic heterocycles. The number of aliphatic hydroxyl groups excluding tert-OH is 2. The largest absolute Gasteiger partial charge is 0.472 e. The highest BCUT2D eigenvalue weighted by atomic mass is 31.2. The van der Waals surface area contributed by atoms with E-state index < -0.39 is 91.5 Å². The number of ether oxygens (including phenoxy) is 3. The topological polar surface area (TPSA) is 231 Å². The number of rotatable bonds is 78. The van der Waals surface area contributed by atoms with Gasteiger partial charge in [0.15, 0.2) is 6.10 Å². The lowest BCUT2D eigenvalue weighted by atomic mass is 10.0. The van der Waals surface area contributed by atoms with E-state index in [1.165, 1.54) is 141 Å². The first-order valence-electron chi connectivity index (χ1n) is 41.5. The normalized spacial score (nSPS) is 14.6. The molecule has 0 radical (unpaired) electrons. The molecule has 0 aromatic carbocycles. The highest BCUT2D eigenvalue weighted by Crippen LogP contribution is 2.45. The molecule has 0 fully saturated rings. The van der Waals surface area contributed by atoms with Crippen LogP contribution in [0.2, 0.25) is 0 Å². The summed E-state index contributed by atoms with van der Waals surface area (Å²) in [5.74, 6) is -1.61. The molecule has 0 aromatic rings. The standard InChI is InChI=1S/C87H150O16P2/c1-4-7-10-13-16-19-22-25-27-29-31-33-35-36-37-38-39-40-41-42-43-44-46-48-49-51-53-56-58-61-64-67-70-73-85(90)97-76-82(88)77-99-104(93,94)100-78-83(89)79-101-105(95,96)102-81-84(103-87(92)75-72-69-66-63-60-55-24-21-18-15-12-9-6-3)80-98-86(91)74-71-68-65-62-59-57-54-52-50-47-45-34-32-30-28-26-23-20-17-14-11-8-5-2/h8,11,16-17,19-21,24-28,31-34,36-37,47,50,54,57,82-84,88-89H,4-7,9-10,12-15,18,22-23,29-30,35,38-46,48-49,51-53,55-56,58-81H2,1-3H3,(H,93,94)(H,95,96)/b11-8-,19-16-,20-17-,24-21-,27-25-,28-26-,33-31-,34-32-,37-36-,50-47-,57-54-. The molecule has 0 rings (SSSR count). The molecule has 0 saturated carbocycles. The van der Waals surface area contributed by atoms with Crippen molar-refractivity contribution in [2.45, 2.75) is 360 Å². The van der Waals surface area contributed by atoms with Gasteiger partial charge in [-0.3, -0.25) is 32.5 Å². The van der Waals surface area contributed by atoms with Crippen LogP contribution >= 0.6 is 15.6 Å². The number of hydrogen-bond donors (Lipinski definition) is 4. The lowest BCUT2D eigenvalue weighted by Gasteiger charge is -2.21. The summed E-state index contributed by atoms with van der Waals surface area (Å²) in [5.41, 5.74) is 0. The number of esters is 3. The molecular formula is C87H150O16P2. The van der Waals surface area contributed by atoms with Crippen LogP contribution in [0, 0.1) is 0 Å². The van der Waals surface area contributed by atoms with Crippen molar-refractivity contribution in [1.82, 2.24) is 0 Å². The Kier molecular flexibility index (Phi) is 76.0. The fourth-order valence-electron chi connectivity index (χ4n) is 11.0. The fraction of sp³-hybridized carbons (Fsp3) is 0.713. The van der Waals surface area contributed by atoms with Crippen molar-refractivity contribution in [2.24, 2.45) is 0 Å². The third kappa shape index (κ3) is 80.5. The molecule has 0 aliphatic carbocycles. The molecule has 0 spiro atoms. The Hall–Kier alpha value is -4.31. The summed E-state index contributed by atoms with van der Waals surface area (Å²) in [6.45, 7) is 2.50. The summed E-state index contributed by atoms with van der Waals surface area (Å²) in [6, 6.07) is 0. The average molecular weight is 1510 g/mol. The predicted octanol–water partition coefficient (Wildman–Crippen LogP) is 24.7. The summed E-state index contributed by atoms with van der Waals surface area (Å²) >= 11 is 0. The average Bonchev–Trinajstić information content (AvgIpc) is 0.914. The van der Waals surface area contributed by atoms with Crippen LogP contribution in [0.3, 0.4) is 0 Å². The number of unbranched alkanes of at least 4 members (excludes halogenated alkanes) is 33. The van der Waals surface area contributed by atoms with Crippen LogP contribution < -0.4 is 0 Å². The first-order chi connectivity index (χ1) is 51.2. The molecule has 105 heavy (non-hydrogen) atoms. The second-order valence-electron chi connectivity index (χ2n) is 27.5. The molecule has 0 aromatic heterocycles. The summed E-state index contributed by atoms with van der Waals surface area (Å²) in [7, 11) is -9.80. The molecule has 5 unspecified atom stereocenters. The van der Waals surface area contributed by atoms with Gasteiger partial charge in [0.1, 0.15) is 25.4 Å². The molecule has 0 saturated heterocycles. The summed E-state index contributed by atoms with van der Waals surface area (Å²) in [5, 5.41) is 20.7. The fourth-order valence-corrected chi connectivity index (χ4v) is 12.6. The number of phosphoric acid groups is 2. The molecule has 0 aliphatic rings. The Bertz CT molecular complexity index is 2440. The maximum atomic E-state index is 12.9. The van der Waals surface area contributed by atoms with Gasteiger partial charge in [-0.25, -0.2) is 9.13 Å². The Morgan fingerprint density at radius 2 is 0.505 bits per heavy atom. The van der Waals surface area contributed by atoms with Crippen LogP contribution in [0.5, 0.6) is 0 Å². The molecule has 0 heterocycles. The highest BCUT2D eigenvalue weighted by molar-refractivity contribution is 7.47. The smallest absolute Gasteiger partial charge is 0.463 e. The van der Waals surface area contributed by atoms with Gasteiger partial charge < -0.3 is 34.2 Å². The first kappa shape index (κ1) is 101. The van der Waals surface area contributed by atoms with E-state index in [9.17, 15) is 43.5 Å². The third-order valence-corrected chi connectivity index (χ3v) is 19.2. The lowest BCUT2D eigenvalue weighted by Crippen LogP contribution is -2.30. The molecular weight excluding hydrogens is 1360 g/mol. The zero-order valence-electron chi connectivity index (χ0n) is 66.1. The number of phosphoric ester groups is 2. The van der Waals surface area contributed by atoms with Crippen LogP contribution in [-0.2, 0) is 55.8 Å². The Labute approximate surface area is 639 Å². The van der Waals surface area contributed by atoms with Crippen molar-refractivity contribution in [3.63, 3.8) is 0 Å². The van der Waals surface area contributed by atoms with Gasteiger partial charge in [0.2, 0.25) is 0 Å².